The van der Waals surface area contributed by atoms with Crippen molar-refractivity contribution >= 4 is 51.8 Å². The number of piperazine rings is 1. The quantitative estimate of drug-likeness (QED) is 0.361. The van der Waals surface area contributed by atoms with E-state index in [0.29, 0.717) is 45.8 Å². The fraction of sp³-hybridized carbons (Fsp3) is 0.280. The van der Waals surface area contributed by atoms with Crippen LogP contribution in [0.5, 0.6) is 0 Å². The molecule has 3 heterocycles. The Kier molecular flexibility index (Phi) is 6.91. The number of pyridine rings is 1. The molecule has 2 saturated heterocycles. The van der Waals surface area contributed by atoms with Crippen LogP contribution < -0.4 is 15.4 Å². The summed E-state index contributed by atoms with van der Waals surface area (Å²) in [6, 6.07) is 12.3. The predicted octanol–water partition coefficient (Wildman–Crippen LogP) is 3.28. The molecular formula is C25H25N5O2S2. The summed E-state index contributed by atoms with van der Waals surface area (Å²) in [6.45, 7) is 8.78. The van der Waals surface area contributed by atoms with Gasteiger partial charge in [0.25, 0.3) is 11.5 Å². The molecule has 0 unspecified atom stereocenters. The Labute approximate surface area is 208 Å². The smallest absolute Gasteiger partial charge is 0.270 e. The fourth-order valence-electron chi connectivity index (χ4n) is 4.33. The molecule has 0 atom stereocenters. The number of thiocarbonyl (C=S) groups is 1. The summed E-state index contributed by atoms with van der Waals surface area (Å²) in [5.74, 6) is 0.518. The first-order valence-electron chi connectivity index (χ1n) is 10.9. The van der Waals surface area contributed by atoms with Crippen LogP contribution in [0.3, 0.4) is 0 Å². The highest BCUT2D eigenvalue weighted by atomic mass is 32.2. The average molecular weight is 492 g/mol. The summed E-state index contributed by atoms with van der Waals surface area (Å²) in [5, 5.41) is 9.66. The molecule has 0 N–H and O–H groups in total. The molecule has 0 aliphatic carbocycles. The highest BCUT2D eigenvalue weighted by Crippen LogP contribution is 2.36. The van der Waals surface area contributed by atoms with Gasteiger partial charge in [-0.05, 0) is 30.7 Å². The molecule has 2 aliphatic heterocycles. The van der Waals surface area contributed by atoms with Crippen molar-refractivity contribution in [2.75, 3.05) is 42.5 Å². The molecular weight excluding hydrogens is 466 g/mol. The fourth-order valence-corrected chi connectivity index (χ4v) is 5.58. The molecule has 7 nitrogen and oxygen atoms in total. The van der Waals surface area contributed by atoms with E-state index in [2.05, 4.69) is 28.5 Å². The summed E-state index contributed by atoms with van der Waals surface area (Å²) in [6.07, 6.45) is 3.41. The van der Waals surface area contributed by atoms with Crippen LogP contribution in [-0.2, 0) is 11.8 Å². The van der Waals surface area contributed by atoms with Gasteiger partial charge in [0.05, 0.1) is 4.91 Å². The van der Waals surface area contributed by atoms with Crippen LogP contribution in [0.25, 0.3) is 6.08 Å². The van der Waals surface area contributed by atoms with Crippen molar-refractivity contribution in [2.45, 2.75) is 6.92 Å². The number of thioether (sulfide) groups is 1. The van der Waals surface area contributed by atoms with E-state index in [0.717, 1.165) is 18.8 Å². The van der Waals surface area contributed by atoms with Gasteiger partial charge in [0.15, 0.2) is 0 Å². The standard InChI is InChI=1S/C25H25N5O2S2/c1-4-10-30-24(32)21(34-25(30)33)15-19-17(2)20(16-26)23(31)27(3)22(19)29-13-11-28(12-14-29)18-8-6-5-7-9-18/h4-9,15H,1,10-14H2,2-3H3. The molecule has 1 amide bonds. The zero-order valence-corrected chi connectivity index (χ0v) is 20.8. The van der Waals surface area contributed by atoms with Crippen molar-refractivity contribution in [3.05, 3.63) is 74.9 Å². The lowest BCUT2D eigenvalue weighted by atomic mass is 10.0. The van der Waals surface area contributed by atoms with Crippen LogP contribution in [-0.4, -0.2) is 52.4 Å². The number of para-hydroxylation sites is 1. The Morgan fingerprint density at radius 1 is 1.15 bits per heavy atom. The number of anilines is 2. The molecule has 1 aromatic carbocycles. The van der Waals surface area contributed by atoms with E-state index in [1.165, 1.54) is 21.2 Å². The monoisotopic (exact) mass is 491 g/mol. The van der Waals surface area contributed by atoms with Gasteiger partial charge in [-0.3, -0.25) is 19.1 Å². The molecule has 0 spiro atoms. The van der Waals surface area contributed by atoms with Gasteiger partial charge in [0.1, 0.15) is 21.8 Å². The molecule has 9 heteroatoms. The zero-order chi connectivity index (χ0) is 24.4. The van der Waals surface area contributed by atoms with E-state index < -0.39 is 0 Å². The number of benzene rings is 1. The van der Waals surface area contributed by atoms with Gasteiger partial charge in [-0.1, -0.05) is 48.3 Å². The number of hydrogen-bond acceptors (Lipinski definition) is 7. The number of nitriles is 1. The Balaban J connectivity index is 1.75. The normalized spacial score (nSPS) is 17.4. The summed E-state index contributed by atoms with van der Waals surface area (Å²) in [4.78, 5) is 32.4. The van der Waals surface area contributed by atoms with Crippen LogP contribution in [0.2, 0.25) is 0 Å². The van der Waals surface area contributed by atoms with Crippen molar-refractivity contribution in [2.24, 2.45) is 7.05 Å². The third-order valence-corrected chi connectivity index (χ3v) is 7.51. The van der Waals surface area contributed by atoms with Gasteiger partial charge < -0.3 is 9.80 Å². The van der Waals surface area contributed by atoms with Crippen LogP contribution in [0.4, 0.5) is 11.5 Å². The van der Waals surface area contributed by atoms with E-state index in [9.17, 15) is 14.9 Å². The maximum atomic E-state index is 13.0. The maximum absolute atomic E-state index is 13.0. The molecule has 0 bridgehead atoms. The number of rotatable bonds is 5. The van der Waals surface area contributed by atoms with Gasteiger partial charge in [0.2, 0.25) is 0 Å². The minimum Gasteiger partial charge on any atom is -0.368 e. The second kappa shape index (κ2) is 9.87. The largest absolute Gasteiger partial charge is 0.368 e. The first kappa shape index (κ1) is 23.8. The maximum Gasteiger partial charge on any atom is 0.270 e. The lowest BCUT2D eigenvalue weighted by Crippen LogP contribution is -2.48. The molecule has 4 rings (SSSR count). The van der Waals surface area contributed by atoms with Crippen LogP contribution in [0, 0.1) is 18.3 Å². The summed E-state index contributed by atoms with van der Waals surface area (Å²) in [5.41, 5.74) is 2.18. The SMILES string of the molecule is C=CCN1C(=O)C(=Cc2c(C)c(C#N)c(=O)n(C)c2N2CCN(c3ccccc3)CC2)SC1=S. The molecule has 34 heavy (non-hydrogen) atoms. The Bertz CT molecular complexity index is 1290. The molecule has 2 aromatic rings. The summed E-state index contributed by atoms with van der Waals surface area (Å²) in [7, 11) is 1.68. The number of hydrogen-bond donors (Lipinski definition) is 0. The van der Waals surface area contributed by atoms with Crippen molar-refractivity contribution in [3.8, 4) is 6.07 Å². The topological polar surface area (TPSA) is 72.6 Å². The minimum atomic E-state index is -0.336. The van der Waals surface area contributed by atoms with Crippen molar-refractivity contribution in [1.29, 1.82) is 5.26 Å². The van der Waals surface area contributed by atoms with Crippen molar-refractivity contribution in [3.63, 3.8) is 0 Å². The van der Waals surface area contributed by atoms with Gasteiger partial charge in [-0.2, -0.15) is 5.26 Å². The van der Waals surface area contributed by atoms with E-state index in [1.54, 1.807) is 26.1 Å². The Hall–Kier alpha value is -3.35. The average Bonchev–Trinajstić information content (AvgIpc) is 3.11. The third-order valence-electron chi connectivity index (χ3n) is 6.13. The Morgan fingerprint density at radius 3 is 2.41 bits per heavy atom. The third kappa shape index (κ3) is 4.27. The van der Waals surface area contributed by atoms with Gasteiger partial charge >= 0.3 is 0 Å². The molecule has 2 aliphatic rings. The van der Waals surface area contributed by atoms with Crippen LogP contribution >= 0.6 is 24.0 Å². The number of aromatic nitrogens is 1. The van der Waals surface area contributed by atoms with E-state index in [-0.39, 0.29) is 17.0 Å². The predicted molar refractivity (Wildman–Crippen MR) is 142 cm³/mol. The van der Waals surface area contributed by atoms with E-state index >= 15 is 0 Å². The van der Waals surface area contributed by atoms with Gasteiger partial charge in [0, 0.05) is 51.0 Å². The van der Waals surface area contributed by atoms with Gasteiger partial charge in [-0.15, -0.1) is 6.58 Å². The molecule has 0 radical (unpaired) electrons. The highest BCUT2D eigenvalue weighted by molar-refractivity contribution is 8.26. The molecule has 2 fully saturated rings. The zero-order valence-electron chi connectivity index (χ0n) is 19.2. The molecule has 174 valence electrons. The number of carbonyl (C=O) groups excluding carboxylic acids is 1. The van der Waals surface area contributed by atoms with E-state index in [1.807, 2.05) is 24.3 Å². The number of nitrogens with zero attached hydrogens (tertiary/aromatic N) is 5. The summed E-state index contributed by atoms with van der Waals surface area (Å²) < 4.78 is 2.00. The van der Waals surface area contributed by atoms with Crippen LogP contribution in [0.1, 0.15) is 16.7 Å². The van der Waals surface area contributed by atoms with Crippen LogP contribution in [0.15, 0.2) is 52.7 Å². The first-order valence-corrected chi connectivity index (χ1v) is 12.1. The van der Waals surface area contributed by atoms with Crippen molar-refractivity contribution in [1.82, 2.24) is 9.47 Å². The molecule has 0 saturated carbocycles. The lowest BCUT2D eigenvalue weighted by Gasteiger charge is -2.38. The highest BCUT2D eigenvalue weighted by Gasteiger charge is 2.32. The first-order chi connectivity index (χ1) is 16.4. The molecule has 1 aromatic heterocycles. The number of amides is 1. The minimum absolute atomic E-state index is 0.0852. The van der Waals surface area contributed by atoms with Gasteiger partial charge in [-0.25, -0.2) is 0 Å². The lowest BCUT2D eigenvalue weighted by molar-refractivity contribution is -0.121. The second-order valence-electron chi connectivity index (χ2n) is 8.10. The van der Waals surface area contributed by atoms with Crippen molar-refractivity contribution < 1.29 is 4.79 Å². The van der Waals surface area contributed by atoms with E-state index in [4.69, 9.17) is 12.2 Å². The second-order valence-corrected chi connectivity index (χ2v) is 9.78. The number of carbonyl (C=O) groups is 1. The Morgan fingerprint density at radius 2 is 1.79 bits per heavy atom. The summed E-state index contributed by atoms with van der Waals surface area (Å²) >= 11 is 6.60.